The molecule has 0 spiro atoms. The second-order valence-electron chi connectivity index (χ2n) is 6.35. The van der Waals surface area contributed by atoms with Gasteiger partial charge in [-0.05, 0) is 31.4 Å². The SMILES string of the molecule is CCCCS(=O)(=O)N[C@@H]1CCCC[C@H]1N=Cc1cc(Cl)cc(Cl)c1O. The summed E-state index contributed by atoms with van der Waals surface area (Å²) in [5, 5.41) is 10.6. The van der Waals surface area contributed by atoms with Crippen LogP contribution in [0, 0.1) is 0 Å². The molecule has 0 heterocycles. The zero-order chi connectivity index (χ0) is 18.4. The van der Waals surface area contributed by atoms with Gasteiger partial charge in [-0.15, -0.1) is 0 Å². The highest BCUT2D eigenvalue weighted by Gasteiger charge is 2.28. The van der Waals surface area contributed by atoms with Crippen molar-refractivity contribution in [2.75, 3.05) is 5.75 Å². The Labute approximate surface area is 159 Å². The van der Waals surface area contributed by atoms with Crippen molar-refractivity contribution in [3.63, 3.8) is 0 Å². The summed E-state index contributed by atoms with van der Waals surface area (Å²) in [6.07, 6.45) is 6.53. The molecule has 0 bridgehead atoms. The summed E-state index contributed by atoms with van der Waals surface area (Å²) in [5.74, 6) is 0.0620. The van der Waals surface area contributed by atoms with Gasteiger partial charge in [-0.2, -0.15) is 0 Å². The summed E-state index contributed by atoms with van der Waals surface area (Å²) >= 11 is 11.9. The van der Waals surface area contributed by atoms with Crippen molar-refractivity contribution in [2.45, 2.75) is 57.5 Å². The molecule has 1 aromatic carbocycles. The lowest BCUT2D eigenvalue weighted by Gasteiger charge is -2.29. The molecule has 1 aliphatic rings. The first kappa shape index (κ1) is 20.5. The number of phenolic OH excluding ortho intramolecular Hbond substituents is 1. The Morgan fingerprint density at radius 3 is 2.76 bits per heavy atom. The van der Waals surface area contributed by atoms with Crippen molar-refractivity contribution in [2.24, 2.45) is 4.99 Å². The number of nitrogens with zero attached hydrogens (tertiary/aromatic N) is 1. The molecule has 0 radical (unpaired) electrons. The highest BCUT2D eigenvalue weighted by molar-refractivity contribution is 7.89. The zero-order valence-electron chi connectivity index (χ0n) is 14.2. The maximum Gasteiger partial charge on any atom is 0.211 e. The molecule has 0 aliphatic heterocycles. The van der Waals surface area contributed by atoms with Crippen LogP contribution in [0.2, 0.25) is 10.0 Å². The quantitative estimate of drug-likeness (QED) is 0.667. The van der Waals surface area contributed by atoms with Crippen LogP contribution in [0.25, 0.3) is 0 Å². The second kappa shape index (κ2) is 9.21. The number of phenols is 1. The minimum absolute atomic E-state index is 0.0781. The molecule has 5 nitrogen and oxygen atoms in total. The molecular weight excluding hydrogens is 383 g/mol. The Hall–Kier alpha value is -0.820. The van der Waals surface area contributed by atoms with Crippen LogP contribution in [0.1, 0.15) is 51.0 Å². The van der Waals surface area contributed by atoms with Crippen LogP contribution in [0.4, 0.5) is 0 Å². The predicted octanol–water partition coefficient (Wildman–Crippen LogP) is 4.15. The number of halogens is 2. The van der Waals surface area contributed by atoms with Gasteiger partial charge in [-0.3, -0.25) is 4.99 Å². The molecule has 1 fully saturated rings. The van der Waals surface area contributed by atoms with Crippen LogP contribution < -0.4 is 4.72 Å². The van der Waals surface area contributed by atoms with Crippen molar-refractivity contribution >= 4 is 39.4 Å². The third kappa shape index (κ3) is 6.13. The van der Waals surface area contributed by atoms with Gasteiger partial charge in [0.1, 0.15) is 5.75 Å². The van der Waals surface area contributed by atoms with Crippen molar-refractivity contribution in [1.82, 2.24) is 4.72 Å². The van der Waals surface area contributed by atoms with Gasteiger partial charge in [0.25, 0.3) is 0 Å². The number of sulfonamides is 1. The Kier molecular flexibility index (Phi) is 7.55. The molecule has 1 aromatic rings. The minimum atomic E-state index is -3.30. The van der Waals surface area contributed by atoms with E-state index in [9.17, 15) is 13.5 Å². The van der Waals surface area contributed by atoms with E-state index < -0.39 is 10.0 Å². The van der Waals surface area contributed by atoms with Crippen molar-refractivity contribution in [1.29, 1.82) is 0 Å². The Balaban J connectivity index is 2.13. The lowest BCUT2D eigenvalue weighted by atomic mass is 9.91. The summed E-state index contributed by atoms with van der Waals surface area (Å²) in [6, 6.07) is 2.65. The predicted molar refractivity (Wildman–Crippen MR) is 104 cm³/mol. The molecule has 0 amide bonds. The van der Waals surface area contributed by atoms with Crippen LogP contribution in [-0.4, -0.2) is 37.6 Å². The average molecular weight is 407 g/mol. The molecule has 140 valence electrons. The van der Waals surface area contributed by atoms with Crippen molar-refractivity contribution in [3.8, 4) is 5.75 Å². The third-order valence-corrected chi connectivity index (χ3v) is 6.28. The van der Waals surface area contributed by atoms with Gasteiger partial charge in [-0.1, -0.05) is 49.4 Å². The molecule has 8 heteroatoms. The van der Waals surface area contributed by atoms with Crippen LogP contribution >= 0.6 is 23.2 Å². The number of rotatable bonds is 7. The van der Waals surface area contributed by atoms with E-state index in [1.807, 2.05) is 6.92 Å². The van der Waals surface area contributed by atoms with Gasteiger partial charge >= 0.3 is 0 Å². The fourth-order valence-electron chi connectivity index (χ4n) is 2.91. The first-order valence-electron chi connectivity index (χ1n) is 8.53. The number of nitrogens with one attached hydrogen (secondary N) is 1. The molecule has 0 aromatic heterocycles. The van der Waals surface area contributed by atoms with Crippen LogP contribution in [0.5, 0.6) is 5.75 Å². The van der Waals surface area contributed by atoms with Crippen molar-refractivity contribution in [3.05, 3.63) is 27.7 Å². The van der Waals surface area contributed by atoms with Crippen LogP contribution in [0.3, 0.4) is 0 Å². The first-order chi connectivity index (χ1) is 11.8. The molecule has 1 saturated carbocycles. The van der Waals surface area contributed by atoms with E-state index in [-0.39, 0.29) is 28.6 Å². The number of aromatic hydroxyl groups is 1. The second-order valence-corrected chi connectivity index (χ2v) is 9.07. The normalized spacial score (nSPS) is 21.7. The number of hydrogen-bond acceptors (Lipinski definition) is 4. The maximum absolute atomic E-state index is 12.2. The van der Waals surface area contributed by atoms with E-state index in [1.165, 1.54) is 12.3 Å². The van der Waals surface area contributed by atoms with E-state index in [2.05, 4.69) is 9.71 Å². The molecule has 1 aliphatic carbocycles. The smallest absolute Gasteiger partial charge is 0.211 e. The third-order valence-electron chi connectivity index (χ3n) is 4.29. The summed E-state index contributed by atoms with van der Waals surface area (Å²) in [5.41, 5.74) is 0.427. The Morgan fingerprint density at radius 1 is 1.32 bits per heavy atom. The average Bonchev–Trinajstić information content (AvgIpc) is 2.56. The topological polar surface area (TPSA) is 78.8 Å². The Bertz CT molecular complexity index is 723. The van der Waals surface area contributed by atoms with E-state index in [4.69, 9.17) is 23.2 Å². The van der Waals surface area contributed by atoms with Gasteiger partial charge in [0.05, 0.1) is 16.8 Å². The van der Waals surface area contributed by atoms with Crippen LogP contribution in [-0.2, 0) is 10.0 Å². The molecule has 2 N–H and O–H groups in total. The van der Waals surface area contributed by atoms with Gasteiger partial charge in [0.2, 0.25) is 10.0 Å². The summed E-state index contributed by atoms with van der Waals surface area (Å²) in [6.45, 7) is 1.96. The van der Waals surface area contributed by atoms with E-state index in [0.29, 0.717) is 17.0 Å². The van der Waals surface area contributed by atoms with Gasteiger partial charge < -0.3 is 5.11 Å². The highest BCUT2D eigenvalue weighted by Crippen LogP contribution is 2.30. The summed E-state index contributed by atoms with van der Waals surface area (Å²) < 4.78 is 27.2. The molecular formula is C17H24Cl2N2O3S. The number of unbranched alkanes of at least 4 members (excludes halogenated alkanes) is 1. The molecule has 0 saturated heterocycles. The molecule has 2 rings (SSSR count). The molecule has 2 atom stereocenters. The van der Waals surface area contributed by atoms with Gasteiger partial charge in [0, 0.05) is 22.8 Å². The molecule has 0 unspecified atom stereocenters. The van der Waals surface area contributed by atoms with Gasteiger partial charge in [0.15, 0.2) is 0 Å². The number of benzene rings is 1. The minimum Gasteiger partial charge on any atom is -0.506 e. The first-order valence-corrected chi connectivity index (χ1v) is 10.9. The fraction of sp³-hybridized carbons (Fsp3) is 0.588. The summed E-state index contributed by atoms with van der Waals surface area (Å²) in [4.78, 5) is 4.51. The highest BCUT2D eigenvalue weighted by atomic mass is 35.5. The van der Waals surface area contributed by atoms with E-state index in [1.54, 1.807) is 6.07 Å². The molecule has 25 heavy (non-hydrogen) atoms. The largest absolute Gasteiger partial charge is 0.506 e. The van der Waals surface area contributed by atoms with E-state index in [0.717, 1.165) is 32.1 Å². The van der Waals surface area contributed by atoms with E-state index >= 15 is 0 Å². The lowest BCUT2D eigenvalue weighted by Crippen LogP contribution is -2.45. The van der Waals surface area contributed by atoms with Crippen molar-refractivity contribution < 1.29 is 13.5 Å². The number of hydrogen-bond donors (Lipinski definition) is 2. The maximum atomic E-state index is 12.2. The monoisotopic (exact) mass is 406 g/mol. The summed E-state index contributed by atoms with van der Waals surface area (Å²) in [7, 11) is -3.30. The Morgan fingerprint density at radius 2 is 2.04 bits per heavy atom. The van der Waals surface area contributed by atoms with Crippen LogP contribution in [0.15, 0.2) is 17.1 Å². The lowest BCUT2D eigenvalue weighted by molar-refractivity contribution is 0.363. The standard InChI is InChI=1S/C17H24Cl2N2O3S/c1-2-3-8-25(23,24)21-16-7-5-4-6-15(16)20-11-12-9-13(18)10-14(19)17(12)22/h9-11,15-16,21-22H,2-8H2,1H3/t15-,16-/m1/s1. The fourth-order valence-corrected chi connectivity index (χ4v) is 4.94. The number of aliphatic imine (C=N–C) groups is 1. The van der Waals surface area contributed by atoms with Gasteiger partial charge in [-0.25, -0.2) is 13.1 Å². The zero-order valence-corrected chi connectivity index (χ0v) is 16.5.